The number of hydrogen-bond donors (Lipinski definition) is 3. The molecule has 2 saturated heterocycles. The number of alkyl halides is 3. The van der Waals surface area contributed by atoms with E-state index < -0.39 is 12.7 Å². The average Bonchev–Trinajstić information content (AvgIpc) is 3.07. The predicted octanol–water partition coefficient (Wildman–Crippen LogP) is 3.33. The number of imidazole rings is 1. The molecule has 3 aromatic rings. The maximum Gasteiger partial charge on any atom is 0.401 e. The van der Waals surface area contributed by atoms with E-state index in [1.807, 2.05) is 18.2 Å². The molecule has 2 aliphatic rings. The lowest BCUT2D eigenvalue weighted by Gasteiger charge is -2.61. The number of rotatable bonds is 4. The number of aromatic amines is 1. The largest absolute Gasteiger partial charge is 0.504 e. The third kappa shape index (κ3) is 3.50. The monoisotopic (exact) mass is 434 g/mol. The van der Waals surface area contributed by atoms with Crippen LogP contribution in [0.15, 0.2) is 30.3 Å². The van der Waals surface area contributed by atoms with Gasteiger partial charge in [0.05, 0.1) is 24.7 Å². The first kappa shape index (κ1) is 19.8. The summed E-state index contributed by atoms with van der Waals surface area (Å²) in [4.78, 5) is 11.4. The zero-order valence-electron chi connectivity index (χ0n) is 16.7. The van der Waals surface area contributed by atoms with Crippen LogP contribution in [0.2, 0.25) is 0 Å². The van der Waals surface area contributed by atoms with E-state index >= 15 is 0 Å². The lowest BCUT2D eigenvalue weighted by atomic mass is 9.72. The van der Waals surface area contributed by atoms with Crippen LogP contribution in [0.5, 0.6) is 17.2 Å². The molecule has 2 aliphatic heterocycles. The van der Waals surface area contributed by atoms with Crippen LogP contribution in [0, 0.1) is 5.41 Å². The van der Waals surface area contributed by atoms with Gasteiger partial charge in [-0.3, -0.25) is 4.90 Å². The summed E-state index contributed by atoms with van der Waals surface area (Å²) in [5.41, 5.74) is 3.02. The predicted molar refractivity (Wildman–Crippen MR) is 109 cm³/mol. The standard InChI is InChI=1S/C21H21F3N4O3/c1-31-17-5-12(4-16(29)18(17)30)19-25-14-3-2-13(6-15(14)26-19)28-9-20(10-28)7-27(8-20)11-21(22,23)24/h2-6,29-30H,7-11H2,1H3,(H,25,26). The SMILES string of the molecule is COc1cc(-c2nc3cc(N4CC5(CN(CC(F)(F)F)C5)C4)ccc3[nH]2)cc(O)c1O. The summed E-state index contributed by atoms with van der Waals surface area (Å²) in [5.74, 6) is 0.0206. The van der Waals surface area contributed by atoms with Crippen molar-refractivity contribution in [1.82, 2.24) is 14.9 Å². The molecule has 0 amide bonds. The van der Waals surface area contributed by atoms with Crippen molar-refractivity contribution in [1.29, 1.82) is 0 Å². The molecular weight excluding hydrogens is 413 g/mol. The molecule has 0 atom stereocenters. The van der Waals surface area contributed by atoms with Crippen molar-refractivity contribution in [3.8, 4) is 28.6 Å². The third-order valence-electron chi connectivity index (χ3n) is 5.95. The molecule has 1 spiro atoms. The Morgan fingerprint density at radius 3 is 2.55 bits per heavy atom. The lowest BCUT2D eigenvalue weighted by Crippen LogP contribution is -2.73. The highest BCUT2D eigenvalue weighted by Crippen LogP contribution is 2.43. The van der Waals surface area contributed by atoms with Gasteiger partial charge in [0.1, 0.15) is 5.82 Å². The Bertz CT molecular complexity index is 1150. The highest BCUT2D eigenvalue weighted by atomic mass is 19.4. The molecule has 0 unspecified atom stereocenters. The Hall–Kier alpha value is -3.14. The van der Waals surface area contributed by atoms with Gasteiger partial charge in [-0.25, -0.2) is 4.98 Å². The van der Waals surface area contributed by atoms with Gasteiger partial charge in [-0.05, 0) is 30.3 Å². The van der Waals surface area contributed by atoms with Gasteiger partial charge < -0.3 is 24.8 Å². The van der Waals surface area contributed by atoms with Crippen molar-refractivity contribution in [2.24, 2.45) is 5.41 Å². The van der Waals surface area contributed by atoms with E-state index in [0.29, 0.717) is 24.5 Å². The summed E-state index contributed by atoms with van der Waals surface area (Å²) in [6.45, 7) is 1.57. The van der Waals surface area contributed by atoms with Gasteiger partial charge in [0.15, 0.2) is 11.5 Å². The van der Waals surface area contributed by atoms with E-state index in [9.17, 15) is 23.4 Å². The number of phenols is 2. The van der Waals surface area contributed by atoms with Gasteiger partial charge in [-0.1, -0.05) is 0 Å². The van der Waals surface area contributed by atoms with Gasteiger partial charge >= 0.3 is 6.18 Å². The topological polar surface area (TPSA) is 84.9 Å². The molecule has 10 heteroatoms. The number of nitrogens with zero attached hydrogens (tertiary/aromatic N) is 3. The van der Waals surface area contributed by atoms with Crippen molar-refractivity contribution in [3.63, 3.8) is 0 Å². The number of fused-ring (bicyclic) bond motifs is 1. The van der Waals surface area contributed by atoms with Crippen molar-refractivity contribution in [2.75, 3.05) is 44.7 Å². The summed E-state index contributed by atoms with van der Waals surface area (Å²) < 4.78 is 42.6. The fraction of sp³-hybridized carbons (Fsp3) is 0.381. The molecule has 0 bridgehead atoms. The van der Waals surface area contributed by atoms with Crippen LogP contribution in [-0.2, 0) is 0 Å². The van der Waals surface area contributed by atoms with E-state index in [1.54, 1.807) is 6.07 Å². The minimum absolute atomic E-state index is 0.0446. The highest BCUT2D eigenvalue weighted by Gasteiger charge is 2.53. The van der Waals surface area contributed by atoms with Crippen LogP contribution in [0.4, 0.5) is 18.9 Å². The molecule has 2 aromatic carbocycles. The molecule has 1 aromatic heterocycles. The molecule has 0 saturated carbocycles. The number of halogens is 3. The average molecular weight is 434 g/mol. The van der Waals surface area contributed by atoms with Gasteiger partial charge in [-0.2, -0.15) is 13.2 Å². The number of ether oxygens (including phenoxy) is 1. The zero-order valence-corrected chi connectivity index (χ0v) is 16.7. The molecule has 3 heterocycles. The lowest BCUT2D eigenvalue weighted by molar-refractivity contribution is -0.172. The van der Waals surface area contributed by atoms with E-state index in [1.165, 1.54) is 18.1 Å². The number of H-pyrrole nitrogens is 1. The van der Waals surface area contributed by atoms with Crippen LogP contribution >= 0.6 is 0 Å². The summed E-state index contributed by atoms with van der Waals surface area (Å²) in [7, 11) is 1.40. The summed E-state index contributed by atoms with van der Waals surface area (Å²) in [6.07, 6.45) is -4.15. The van der Waals surface area contributed by atoms with Gasteiger partial charge in [-0.15, -0.1) is 0 Å². The van der Waals surface area contributed by atoms with Crippen LogP contribution in [-0.4, -0.2) is 71.1 Å². The first-order chi connectivity index (χ1) is 14.6. The second-order valence-corrected chi connectivity index (χ2v) is 8.45. The number of hydrogen-bond acceptors (Lipinski definition) is 6. The second kappa shape index (κ2) is 6.68. The normalized spacial score (nSPS) is 18.3. The van der Waals surface area contributed by atoms with E-state index in [0.717, 1.165) is 29.8 Å². The zero-order chi connectivity index (χ0) is 22.0. The third-order valence-corrected chi connectivity index (χ3v) is 5.95. The van der Waals surface area contributed by atoms with Gasteiger partial charge in [0.2, 0.25) is 5.75 Å². The maximum atomic E-state index is 12.5. The summed E-state index contributed by atoms with van der Waals surface area (Å²) in [5, 5.41) is 19.7. The molecule has 164 valence electrons. The number of aromatic nitrogens is 2. The molecule has 0 aliphatic carbocycles. The molecule has 2 fully saturated rings. The van der Waals surface area contributed by atoms with Crippen molar-refractivity contribution in [3.05, 3.63) is 30.3 Å². The number of aromatic hydroxyl groups is 2. The van der Waals surface area contributed by atoms with E-state index in [2.05, 4.69) is 14.9 Å². The summed E-state index contributed by atoms with van der Waals surface area (Å²) in [6, 6.07) is 8.78. The first-order valence-electron chi connectivity index (χ1n) is 9.79. The minimum Gasteiger partial charge on any atom is -0.504 e. The number of likely N-dealkylation sites (tertiary alicyclic amines) is 1. The van der Waals surface area contributed by atoms with Crippen molar-refractivity contribution in [2.45, 2.75) is 6.18 Å². The number of nitrogens with one attached hydrogen (secondary N) is 1. The van der Waals surface area contributed by atoms with Crippen LogP contribution in [0.1, 0.15) is 0 Å². The summed E-state index contributed by atoms with van der Waals surface area (Å²) >= 11 is 0. The smallest absolute Gasteiger partial charge is 0.401 e. The Kier molecular flexibility index (Phi) is 4.27. The molecule has 7 nitrogen and oxygen atoms in total. The Morgan fingerprint density at radius 2 is 1.87 bits per heavy atom. The van der Waals surface area contributed by atoms with Crippen molar-refractivity contribution >= 4 is 16.7 Å². The molecule has 5 rings (SSSR count). The van der Waals surface area contributed by atoms with Crippen LogP contribution in [0.3, 0.4) is 0 Å². The molecule has 31 heavy (non-hydrogen) atoms. The quantitative estimate of drug-likeness (QED) is 0.547. The first-order valence-corrected chi connectivity index (χ1v) is 9.79. The van der Waals surface area contributed by atoms with Crippen LogP contribution < -0.4 is 9.64 Å². The van der Waals surface area contributed by atoms with Crippen molar-refractivity contribution < 1.29 is 28.1 Å². The van der Waals surface area contributed by atoms with E-state index in [4.69, 9.17) is 4.74 Å². The Balaban J connectivity index is 1.31. The van der Waals surface area contributed by atoms with Gasteiger partial charge in [0.25, 0.3) is 0 Å². The van der Waals surface area contributed by atoms with Gasteiger partial charge in [0, 0.05) is 42.8 Å². The maximum absolute atomic E-state index is 12.5. The van der Waals surface area contributed by atoms with Crippen LogP contribution in [0.25, 0.3) is 22.4 Å². The number of benzene rings is 2. The Labute approximate surface area is 175 Å². The van der Waals surface area contributed by atoms with E-state index in [-0.39, 0.29) is 22.7 Å². The number of anilines is 1. The highest BCUT2D eigenvalue weighted by molar-refractivity contribution is 5.83. The second-order valence-electron chi connectivity index (χ2n) is 8.45. The Morgan fingerprint density at radius 1 is 1.13 bits per heavy atom. The molecule has 0 radical (unpaired) electrons. The fourth-order valence-corrected chi connectivity index (χ4v) is 4.63. The number of methoxy groups -OCH3 is 1. The fourth-order valence-electron chi connectivity index (χ4n) is 4.63. The molecular formula is C21H21F3N4O3. The molecule has 3 N–H and O–H groups in total. The minimum atomic E-state index is -4.15. The number of phenolic OH excluding ortho intramolecular Hbond substituents is 2.